The number of hydrogen-bond donors (Lipinski definition) is 3. The van der Waals surface area contributed by atoms with Crippen molar-refractivity contribution >= 4 is 5.91 Å². The first-order chi connectivity index (χ1) is 7.50. The van der Waals surface area contributed by atoms with Gasteiger partial charge in [0.05, 0.1) is 12.1 Å². The topological polar surface area (TPSA) is 83.8 Å². The van der Waals surface area contributed by atoms with Crippen molar-refractivity contribution < 1.29 is 4.79 Å². The molecule has 16 heavy (non-hydrogen) atoms. The average molecular weight is 224 g/mol. The largest absolute Gasteiger partial charge is 0.347 e. The van der Waals surface area contributed by atoms with E-state index in [1.807, 2.05) is 20.8 Å². The van der Waals surface area contributed by atoms with E-state index in [9.17, 15) is 4.79 Å². The van der Waals surface area contributed by atoms with Crippen LogP contribution in [-0.2, 0) is 4.79 Å². The molecule has 5 heteroatoms. The molecule has 0 radical (unpaired) electrons. The van der Waals surface area contributed by atoms with E-state index < -0.39 is 6.04 Å². The standard InChI is InChI=1S/C11H20N4O/c1-7(2)6-9(12)11(16)15-8(3)10-13-4-5-14-10/h4-5,7-9H,6,12H2,1-3H3,(H,13,14)(H,15,16)/t8?,9-/m1/s1. The van der Waals surface area contributed by atoms with Crippen LogP contribution >= 0.6 is 0 Å². The Hall–Kier alpha value is -1.36. The molecular formula is C11H20N4O. The average Bonchev–Trinajstić information content (AvgIpc) is 2.68. The van der Waals surface area contributed by atoms with Crippen LogP contribution in [0.2, 0.25) is 0 Å². The van der Waals surface area contributed by atoms with E-state index >= 15 is 0 Å². The van der Waals surface area contributed by atoms with Crippen molar-refractivity contribution in [3.05, 3.63) is 18.2 Å². The van der Waals surface area contributed by atoms with Crippen molar-refractivity contribution in [3.8, 4) is 0 Å². The fraction of sp³-hybridized carbons (Fsp3) is 0.636. The number of carbonyl (C=O) groups is 1. The van der Waals surface area contributed by atoms with Crippen molar-refractivity contribution in [3.63, 3.8) is 0 Å². The quantitative estimate of drug-likeness (QED) is 0.696. The normalized spacial score (nSPS) is 14.8. The lowest BCUT2D eigenvalue weighted by atomic mass is 10.0. The maximum atomic E-state index is 11.7. The SMILES string of the molecule is CC(C)C[C@@H](N)C(=O)NC(C)c1ncc[nH]1. The minimum absolute atomic E-state index is 0.127. The molecule has 2 atom stereocenters. The van der Waals surface area contributed by atoms with Gasteiger partial charge in [-0.15, -0.1) is 0 Å². The zero-order valence-electron chi connectivity index (χ0n) is 10.0. The van der Waals surface area contributed by atoms with Gasteiger partial charge in [-0.25, -0.2) is 4.98 Å². The van der Waals surface area contributed by atoms with Crippen LogP contribution in [0.1, 0.15) is 39.1 Å². The number of rotatable bonds is 5. The van der Waals surface area contributed by atoms with Crippen molar-refractivity contribution in [1.29, 1.82) is 0 Å². The van der Waals surface area contributed by atoms with Gasteiger partial charge in [-0.1, -0.05) is 13.8 Å². The predicted octanol–water partition coefficient (Wildman–Crippen LogP) is 0.960. The second kappa shape index (κ2) is 5.65. The first-order valence-electron chi connectivity index (χ1n) is 5.56. The molecule has 0 aliphatic rings. The number of aromatic amines is 1. The Balaban J connectivity index is 2.45. The fourth-order valence-electron chi connectivity index (χ4n) is 1.52. The molecule has 1 rings (SSSR count). The molecule has 0 aliphatic carbocycles. The van der Waals surface area contributed by atoms with Crippen LogP contribution in [0.4, 0.5) is 0 Å². The third-order valence-corrected chi connectivity index (χ3v) is 2.35. The molecule has 0 aliphatic heterocycles. The van der Waals surface area contributed by atoms with E-state index in [2.05, 4.69) is 15.3 Å². The number of nitrogens with two attached hydrogens (primary N) is 1. The van der Waals surface area contributed by atoms with Crippen molar-refractivity contribution in [1.82, 2.24) is 15.3 Å². The van der Waals surface area contributed by atoms with Crippen molar-refractivity contribution in [2.45, 2.75) is 39.3 Å². The molecule has 4 N–H and O–H groups in total. The molecule has 5 nitrogen and oxygen atoms in total. The molecule has 0 bridgehead atoms. The lowest BCUT2D eigenvalue weighted by Crippen LogP contribution is -2.42. The zero-order chi connectivity index (χ0) is 12.1. The monoisotopic (exact) mass is 224 g/mol. The summed E-state index contributed by atoms with van der Waals surface area (Å²) in [4.78, 5) is 18.7. The smallest absolute Gasteiger partial charge is 0.237 e. The number of imidazole rings is 1. The van der Waals surface area contributed by atoms with Gasteiger partial charge in [0.2, 0.25) is 5.91 Å². The molecule has 0 saturated carbocycles. The molecule has 0 spiro atoms. The summed E-state index contributed by atoms with van der Waals surface area (Å²) in [5.74, 6) is 1.03. The van der Waals surface area contributed by atoms with Crippen LogP contribution < -0.4 is 11.1 Å². The van der Waals surface area contributed by atoms with Gasteiger partial charge in [0.25, 0.3) is 0 Å². The first kappa shape index (κ1) is 12.7. The number of nitrogens with zero attached hydrogens (tertiary/aromatic N) is 1. The van der Waals surface area contributed by atoms with Crippen LogP contribution in [0.5, 0.6) is 0 Å². The van der Waals surface area contributed by atoms with Crippen molar-refractivity contribution in [2.24, 2.45) is 11.7 Å². The highest BCUT2D eigenvalue weighted by Gasteiger charge is 2.18. The molecule has 0 fully saturated rings. The van der Waals surface area contributed by atoms with Gasteiger partial charge in [-0.2, -0.15) is 0 Å². The van der Waals surface area contributed by atoms with E-state index in [0.717, 1.165) is 5.82 Å². The van der Waals surface area contributed by atoms with Gasteiger partial charge in [0.15, 0.2) is 0 Å². The minimum atomic E-state index is -0.447. The molecule has 1 heterocycles. The lowest BCUT2D eigenvalue weighted by Gasteiger charge is -2.17. The Morgan fingerprint density at radius 3 is 2.75 bits per heavy atom. The van der Waals surface area contributed by atoms with E-state index in [1.54, 1.807) is 12.4 Å². The Labute approximate surface area is 95.8 Å². The second-order valence-corrected chi connectivity index (χ2v) is 4.44. The van der Waals surface area contributed by atoms with E-state index in [1.165, 1.54) is 0 Å². The molecular weight excluding hydrogens is 204 g/mol. The summed E-state index contributed by atoms with van der Waals surface area (Å²) in [6.07, 6.45) is 4.08. The van der Waals surface area contributed by atoms with Gasteiger partial charge in [0.1, 0.15) is 5.82 Å². The number of carbonyl (C=O) groups excluding carboxylic acids is 1. The Kier molecular flexibility index (Phi) is 4.49. The lowest BCUT2D eigenvalue weighted by molar-refractivity contribution is -0.123. The molecule has 1 aromatic heterocycles. The van der Waals surface area contributed by atoms with Crippen LogP contribution in [0.3, 0.4) is 0 Å². The third kappa shape index (κ3) is 3.66. The second-order valence-electron chi connectivity index (χ2n) is 4.44. The number of nitrogens with one attached hydrogen (secondary N) is 2. The zero-order valence-corrected chi connectivity index (χ0v) is 10.0. The van der Waals surface area contributed by atoms with E-state index in [0.29, 0.717) is 12.3 Å². The maximum Gasteiger partial charge on any atom is 0.237 e. The molecule has 1 aromatic rings. The third-order valence-electron chi connectivity index (χ3n) is 2.35. The number of aromatic nitrogens is 2. The summed E-state index contributed by atoms with van der Waals surface area (Å²) >= 11 is 0. The predicted molar refractivity (Wildman–Crippen MR) is 62.6 cm³/mol. The first-order valence-corrected chi connectivity index (χ1v) is 5.56. The summed E-state index contributed by atoms with van der Waals surface area (Å²) in [5, 5.41) is 2.83. The van der Waals surface area contributed by atoms with Crippen LogP contribution in [0, 0.1) is 5.92 Å². The summed E-state index contributed by atoms with van der Waals surface area (Å²) in [6.45, 7) is 5.96. The molecule has 0 aromatic carbocycles. The molecule has 1 amide bonds. The Bertz CT molecular complexity index is 321. The minimum Gasteiger partial charge on any atom is -0.347 e. The Morgan fingerprint density at radius 2 is 2.25 bits per heavy atom. The highest BCUT2D eigenvalue weighted by molar-refractivity contribution is 5.81. The summed E-state index contributed by atoms with van der Waals surface area (Å²) in [5.41, 5.74) is 5.78. The Morgan fingerprint density at radius 1 is 1.56 bits per heavy atom. The maximum absolute atomic E-state index is 11.7. The van der Waals surface area contributed by atoms with Crippen LogP contribution in [-0.4, -0.2) is 21.9 Å². The summed E-state index contributed by atoms with van der Waals surface area (Å²) in [7, 11) is 0. The van der Waals surface area contributed by atoms with Gasteiger partial charge in [-0.05, 0) is 19.3 Å². The molecule has 1 unspecified atom stereocenters. The summed E-state index contributed by atoms with van der Waals surface area (Å²) < 4.78 is 0. The highest BCUT2D eigenvalue weighted by Crippen LogP contribution is 2.07. The fourth-order valence-corrected chi connectivity index (χ4v) is 1.52. The van der Waals surface area contributed by atoms with E-state index in [-0.39, 0.29) is 11.9 Å². The van der Waals surface area contributed by atoms with Gasteiger partial charge < -0.3 is 16.0 Å². The van der Waals surface area contributed by atoms with E-state index in [4.69, 9.17) is 5.73 Å². The van der Waals surface area contributed by atoms with Gasteiger partial charge >= 0.3 is 0 Å². The van der Waals surface area contributed by atoms with Crippen molar-refractivity contribution in [2.75, 3.05) is 0 Å². The highest BCUT2D eigenvalue weighted by atomic mass is 16.2. The number of hydrogen-bond acceptors (Lipinski definition) is 3. The van der Waals surface area contributed by atoms with Crippen LogP contribution in [0.15, 0.2) is 12.4 Å². The summed E-state index contributed by atoms with van der Waals surface area (Å²) in [6, 6.07) is -0.585. The van der Waals surface area contributed by atoms with Gasteiger partial charge in [0, 0.05) is 12.4 Å². The number of H-pyrrole nitrogens is 1. The molecule has 90 valence electrons. The number of amides is 1. The van der Waals surface area contributed by atoms with Crippen LogP contribution in [0.25, 0.3) is 0 Å². The molecule has 0 saturated heterocycles. The van der Waals surface area contributed by atoms with Gasteiger partial charge in [-0.3, -0.25) is 4.79 Å².